The van der Waals surface area contributed by atoms with Gasteiger partial charge < -0.3 is 5.32 Å². The van der Waals surface area contributed by atoms with E-state index in [1.807, 2.05) is 38.1 Å². The number of para-hydroxylation sites is 3. The maximum atomic E-state index is 12.6. The van der Waals surface area contributed by atoms with Crippen LogP contribution in [0.3, 0.4) is 0 Å². The van der Waals surface area contributed by atoms with Crippen molar-refractivity contribution in [3.05, 3.63) is 65.4 Å². The molecule has 0 saturated heterocycles. The van der Waals surface area contributed by atoms with E-state index in [2.05, 4.69) is 15.0 Å². The van der Waals surface area contributed by atoms with E-state index >= 15 is 0 Å². The molecule has 7 heteroatoms. The van der Waals surface area contributed by atoms with Gasteiger partial charge in [0.15, 0.2) is 0 Å². The third-order valence-electron chi connectivity index (χ3n) is 4.32. The lowest BCUT2D eigenvalue weighted by Gasteiger charge is -2.14. The van der Waals surface area contributed by atoms with Crippen LogP contribution in [0.2, 0.25) is 0 Å². The van der Waals surface area contributed by atoms with Crippen LogP contribution in [0, 0.1) is 13.8 Å². The fraction of sp³-hybridized carbons (Fsp3) is 0.200. The summed E-state index contributed by atoms with van der Waals surface area (Å²) in [4.78, 5) is 17.2. The average Bonchev–Trinajstić information content (AvgIpc) is 2.59. The molecule has 0 bridgehead atoms. The zero-order chi connectivity index (χ0) is 19.6. The van der Waals surface area contributed by atoms with Crippen molar-refractivity contribution >= 4 is 38.2 Å². The highest BCUT2D eigenvalue weighted by molar-refractivity contribution is 7.92. The normalized spacial score (nSPS) is 11.4. The molecule has 0 aliphatic heterocycles. The number of hydrogen-bond donors (Lipinski definition) is 2. The van der Waals surface area contributed by atoms with Gasteiger partial charge in [-0.25, -0.2) is 8.42 Å². The first-order valence-corrected chi connectivity index (χ1v) is 10.4. The second-order valence-electron chi connectivity index (χ2n) is 6.46. The van der Waals surface area contributed by atoms with Crippen molar-refractivity contribution in [3.8, 4) is 0 Å². The molecule has 0 radical (unpaired) electrons. The molecule has 2 aromatic carbocycles. The summed E-state index contributed by atoms with van der Waals surface area (Å²) in [6, 6.07) is 14.5. The minimum absolute atomic E-state index is 0.155. The fourth-order valence-electron chi connectivity index (χ4n) is 3.07. The highest BCUT2D eigenvalue weighted by Gasteiger charge is 2.15. The smallest absolute Gasteiger partial charge is 0.229 e. The van der Waals surface area contributed by atoms with Crippen LogP contribution in [0.4, 0.5) is 11.4 Å². The number of carbonyl (C=O) groups excluding carboxylic acids is 1. The molecule has 3 aromatic rings. The SMILES string of the molecule is Cc1nc2ccccc2c(C)c1CC(=O)Nc1ccccc1NS(C)(=O)=O. The number of aryl methyl sites for hydroxylation is 2. The molecule has 0 saturated carbocycles. The van der Waals surface area contributed by atoms with Gasteiger partial charge in [-0.1, -0.05) is 30.3 Å². The molecular formula is C20H21N3O3S. The molecule has 1 amide bonds. The summed E-state index contributed by atoms with van der Waals surface area (Å²) in [6.45, 7) is 3.87. The molecule has 3 rings (SSSR count). The number of fused-ring (bicyclic) bond motifs is 1. The van der Waals surface area contributed by atoms with Crippen molar-refractivity contribution in [2.75, 3.05) is 16.3 Å². The van der Waals surface area contributed by atoms with Gasteiger partial charge in [-0.3, -0.25) is 14.5 Å². The molecule has 6 nitrogen and oxygen atoms in total. The van der Waals surface area contributed by atoms with Crippen LogP contribution >= 0.6 is 0 Å². The molecule has 1 heterocycles. The molecule has 0 atom stereocenters. The summed E-state index contributed by atoms with van der Waals surface area (Å²) < 4.78 is 25.4. The quantitative estimate of drug-likeness (QED) is 0.707. The molecule has 27 heavy (non-hydrogen) atoms. The van der Waals surface area contributed by atoms with E-state index in [0.29, 0.717) is 11.4 Å². The first-order valence-electron chi connectivity index (χ1n) is 8.46. The lowest BCUT2D eigenvalue weighted by Crippen LogP contribution is -2.18. The van der Waals surface area contributed by atoms with Crippen LogP contribution in [-0.2, 0) is 21.2 Å². The monoisotopic (exact) mass is 383 g/mol. The van der Waals surface area contributed by atoms with Gasteiger partial charge in [0, 0.05) is 11.1 Å². The fourth-order valence-corrected chi connectivity index (χ4v) is 3.64. The van der Waals surface area contributed by atoms with Gasteiger partial charge in [0.25, 0.3) is 0 Å². The van der Waals surface area contributed by atoms with Gasteiger partial charge >= 0.3 is 0 Å². The molecule has 0 aliphatic carbocycles. The predicted molar refractivity (Wildman–Crippen MR) is 108 cm³/mol. The number of anilines is 2. The number of nitrogens with zero attached hydrogens (tertiary/aromatic N) is 1. The Labute approximate surface area is 158 Å². The van der Waals surface area contributed by atoms with Crippen molar-refractivity contribution in [3.63, 3.8) is 0 Å². The predicted octanol–water partition coefficient (Wildman–Crippen LogP) is 3.40. The zero-order valence-corrected chi connectivity index (χ0v) is 16.2. The van der Waals surface area contributed by atoms with Crippen molar-refractivity contribution in [1.82, 2.24) is 4.98 Å². The number of sulfonamides is 1. The number of pyridine rings is 1. The van der Waals surface area contributed by atoms with Crippen molar-refractivity contribution in [1.29, 1.82) is 0 Å². The molecule has 0 unspecified atom stereocenters. The Morgan fingerprint density at radius 1 is 1.00 bits per heavy atom. The molecule has 2 N–H and O–H groups in total. The number of nitrogens with one attached hydrogen (secondary N) is 2. The third kappa shape index (κ3) is 4.43. The van der Waals surface area contributed by atoms with Crippen LogP contribution < -0.4 is 10.0 Å². The Kier molecular flexibility index (Phi) is 5.14. The second kappa shape index (κ2) is 7.36. The minimum atomic E-state index is -3.44. The van der Waals surface area contributed by atoms with Gasteiger partial charge in [-0.2, -0.15) is 0 Å². The largest absolute Gasteiger partial charge is 0.324 e. The Balaban J connectivity index is 1.87. The number of amides is 1. The Morgan fingerprint density at radius 3 is 2.33 bits per heavy atom. The van der Waals surface area contributed by atoms with Gasteiger partial charge in [-0.15, -0.1) is 0 Å². The van der Waals surface area contributed by atoms with E-state index in [0.717, 1.165) is 34.0 Å². The van der Waals surface area contributed by atoms with Gasteiger partial charge in [0.1, 0.15) is 0 Å². The minimum Gasteiger partial charge on any atom is -0.324 e. The van der Waals surface area contributed by atoms with E-state index in [1.165, 1.54) is 0 Å². The van der Waals surface area contributed by atoms with Crippen LogP contribution in [-0.4, -0.2) is 25.6 Å². The van der Waals surface area contributed by atoms with E-state index in [-0.39, 0.29) is 12.3 Å². The molecule has 1 aromatic heterocycles. The maximum Gasteiger partial charge on any atom is 0.229 e. The highest BCUT2D eigenvalue weighted by atomic mass is 32.2. The zero-order valence-electron chi connectivity index (χ0n) is 15.4. The van der Waals surface area contributed by atoms with Crippen LogP contribution in [0.5, 0.6) is 0 Å². The number of carbonyl (C=O) groups is 1. The summed E-state index contributed by atoms with van der Waals surface area (Å²) in [5.41, 5.74) is 4.36. The number of benzene rings is 2. The Morgan fingerprint density at radius 2 is 1.63 bits per heavy atom. The lowest BCUT2D eigenvalue weighted by molar-refractivity contribution is -0.115. The standard InChI is InChI=1S/C20H21N3O3S/c1-13-15-8-4-5-9-17(15)21-14(2)16(13)12-20(24)22-18-10-6-7-11-19(18)23-27(3,25)26/h4-11,23H,12H2,1-3H3,(H,22,24). The second-order valence-corrected chi connectivity index (χ2v) is 8.21. The summed E-state index contributed by atoms with van der Waals surface area (Å²) in [5.74, 6) is -0.235. The number of hydrogen-bond acceptors (Lipinski definition) is 4. The topological polar surface area (TPSA) is 88.2 Å². The Bertz CT molecular complexity index is 1120. The molecule has 0 aliphatic rings. The van der Waals surface area contributed by atoms with Crippen molar-refractivity contribution in [2.24, 2.45) is 0 Å². The van der Waals surface area contributed by atoms with Gasteiger partial charge in [-0.05, 0) is 43.2 Å². The summed E-state index contributed by atoms with van der Waals surface area (Å²) in [5, 5.41) is 3.81. The van der Waals surface area contributed by atoms with E-state index < -0.39 is 10.0 Å². The maximum absolute atomic E-state index is 12.6. The first kappa shape index (κ1) is 18.8. The third-order valence-corrected chi connectivity index (χ3v) is 4.91. The number of rotatable bonds is 5. The van der Waals surface area contributed by atoms with Gasteiger partial charge in [0.05, 0.1) is 29.6 Å². The molecule has 140 valence electrons. The van der Waals surface area contributed by atoms with Crippen LogP contribution in [0.15, 0.2) is 48.5 Å². The van der Waals surface area contributed by atoms with Gasteiger partial charge in [0.2, 0.25) is 15.9 Å². The van der Waals surface area contributed by atoms with E-state index in [1.54, 1.807) is 24.3 Å². The summed E-state index contributed by atoms with van der Waals surface area (Å²) in [6.07, 6.45) is 1.22. The van der Waals surface area contributed by atoms with E-state index in [4.69, 9.17) is 0 Å². The van der Waals surface area contributed by atoms with Crippen LogP contribution in [0.25, 0.3) is 10.9 Å². The van der Waals surface area contributed by atoms with Crippen molar-refractivity contribution < 1.29 is 13.2 Å². The van der Waals surface area contributed by atoms with Crippen molar-refractivity contribution in [2.45, 2.75) is 20.3 Å². The molecular weight excluding hydrogens is 362 g/mol. The first-order chi connectivity index (χ1) is 12.7. The summed E-state index contributed by atoms with van der Waals surface area (Å²) in [7, 11) is -3.44. The molecule has 0 fully saturated rings. The average molecular weight is 383 g/mol. The lowest BCUT2D eigenvalue weighted by atomic mass is 9.99. The molecule has 0 spiro atoms. The van der Waals surface area contributed by atoms with E-state index in [9.17, 15) is 13.2 Å². The highest BCUT2D eigenvalue weighted by Crippen LogP contribution is 2.25. The summed E-state index contributed by atoms with van der Waals surface area (Å²) >= 11 is 0. The Hall–Kier alpha value is -2.93. The number of aromatic nitrogens is 1. The van der Waals surface area contributed by atoms with Crippen LogP contribution in [0.1, 0.15) is 16.8 Å².